The molecule has 0 unspecified atom stereocenters. The zero-order valence-corrected chi connectivity index (χ0v) is 12.9. The molecule has 0 aromatic heterocycles. The summed E-state index contributed by atoms with van der Waals surface area (Å²) in [5.41, 5.74) is 0.861. The SMILES string of the molecule is CCO[Si](OCC)OCC.O=C1Nc2cccc1c2O. The molecule has 20 heavy (non-hydrogen) atoms. The summed E-state index contributed by atoms with van der Waals surface area (Å²) in [4.78, 5) is 10.8. The molecule has 0 saturated carbocycles. The van der Waals surface area contributed by atoms with Crippen LogP contribution in [-0.4, -0.2) is 40.4 Å². The number of rotatable bonds is 6. The van der Waals surface area contributed by atoms with E-state index in [1.54, 1.807) is 18.2 Å². The molecule has 0 saturated heterocycles. The number of carbonyl (C=O) groups is 1. The van der Waals surface area contributed by atoms with Gasteiger partial charge in [-0.25, -0.2) is 0 Å². The van der Waals surface area contributed by atoms with Crippen molar-refractivity contribution in [2.75, 3.05) is 25.1 Å². The first-order valence-electron chi connectivity index (χ1n) is 6.52. The van der Waals surface area contributed by atoms with Crippen molar-refractivity contribution in [2.45, 2.75) is 20.8 Å². The van der Waals surface area contributed by atoms with E-state index in [4.69, 9.17) is 18.4 Å². The van der Waals surface area contributed by atoms with Crippen molar-refractivity contribution >= 4 is 21.1 Å². The fraction of sp³-hybridized carbons (Fsp3) is 0.462. The smallest absolute Gasteiger partial charge is 0.505 e. The van der Waals surface area contributed by atoms with Crippen LogP contribution in [0.1, 0.15) is 31.1 Å². The van der Waals surface area contributed by atoms with Crippen LogP contribution in [0.4, 0.5) is 5.69 Å². The third-order valence-corrected chi connectivity index (χ3v) is 3.89. The van der Waals surface area contributed by atoms with E-state index in [2.05, 4.69) is 5.32 Å². The lowest BCUT2D eigenvalue weighted by Crippen LogP contribution is -2.27. The van der Waals surface area contributed by atoms with Crippen LogP contribution in [0.2, 0.25) is 0 Å². The third kappa shape index (κ3) is 4.60. The predicted octanol–water partition coefficient (Wildman–Crippen LogP) is 2.04. The normalized spacial score (nSPS) is 12.1. The molecule has 111 valence electrons. The molecule has 0 aliphatic carbocycles. The molecule has 1 heterocycles. The number of aromatic hydroxyl groups is 1. The van der Waals surface area contributed by atoms with Gasteiger partial charge in [0.2, 0.25) is 0 Å². The van der Waals surface area contributed by atoms with Crippen molar-refractivity contribution in [1.29, 1.82) is 0 Å². The summed E-state index contributed by atoms with van der Waals surface area (Å²) in [6, 6.07) is 4.97. The van der Waals surface area contributed by atoms with Crippen LogP contribution in [0.3, 0.4) is 0 Å². The largest absolute Gasteiger partial charge is 0.577 e. The molecule has 0 fully saturated rings. The van der Waals surface area contributed by atoms with Gasteiger partial charge in [0.1, 0.15) is 0 Å². The van der Waals surface area contributed by atoms with Gasteiger partial charge < -0.3 is 23.7 Å². The van der Waals surface area contributed by atoms with Crippen LogP contribution in [0.15, 0.2) is 18.2 Å². The van der Waals surface area contributed by atoms with Crippen molar-refractivity contribution < 1.29 is 23.2 Å². The summed E-state index contributed by atoms with van der Waals surface area (Å²) in [7, 11) is -1.40. The summed E-state index contributed by atoms with van der Waals surface area (Å²) < 4.78 is 15.5. The standard InChI is InChI=1S/C7H5NO2.C6H15O3Si/c9-6-4-2-1-3-5(6)8-7(4)10;1-4-7-10(8-5-2)9-6-3/h1-3,9H,(H,8,10);4-6H2,1-3H3. The topological polar surface area (TPSA) is 77.0 Å². The maximum atomic E-state index is 10.8. The molecule has 1 radical (unpaired) electrons. The number of nitrogens with one attached hydrogen (secondary N) is 1. The molecular formula is C13H20NO5Si. The first-order valence-corrected chi connectivity index (χ1v) is 7.75. The molecule has 0 atom stereocenters. The highest BCUT2D eigenvalue weighted by Gasteiger charge is 2.21. The average molecular weight is 298 g/mol. The van der Waals surface area contributed by atoms with Gasteiger partial charge in [0.15, 0.2) is 5.75 Å². The minimum absolute atomic E-state index is 0.0625. The summed E-state index contributed by atoms with van der Waals surface area (Å²) in [6.45, 7) is 7.78. The molecular weight excluding hydrogens is 278 g/mol. The lowest BCUT2D eigenvalue weighted by Gasteiger charge is -2.10. The van der Waals surface area contributed by atoms with Crippen LogP contribution in [-0.2, 0) is 13.3 Å². The Balaban J connectivity index is 0.000000200. The van der Waals surface area contributed by atoms with Gasteiger partial charge >= 0.3 is 9.53 Å². The van der Waals surface area contributed by atoms with Gasteiger partial charge in [-0.05, 0) is 32.9 Å². The number of hydrogen-bond donors (Lipinski definition) is 2. The molecule has 1 aliphatic rings. The molecule has 6 nitrogen and oxygen atoms in total. The Labute approximate surface area is 120 Å². The van der Waals surface area contributed by atoms with Gasteiger partial charge in [-0.3, -0.25) is 4.79 Å². The number of para-hydroxylation sites is 1. The number of hydrogen-bond acceptors (Lipinski definition) is 5. The van der Waals surface area contributed by atoms with E-state index >= 15 is 0 Å². The van der Waals surface area contributed by atoms with Crippen molar-refractivity contribution in [3.63, 3.8) is 0 Å². The van der Waals surface area contributed by atoms with E-state index < -0.39 is 9.53 Å². The Kier molecular flexibility index (Phi) is 7.24. The van der Waals surface area contributed by atoms with Crippen molar-refractivity contribution in [2.24, 2.45) is 0 Å². The minimum atomic E-state index is -1.40. The van der Waals surface area contributed by atoms with Gasteiger partial charge in [0.25, 0.3) is 5.91 Å². The second kappa shape index (κ2) is 8.70. The van der Waals surface area contributed by atoms with Crippen LogP contribution in [0.25, 0.3) is 0 Å². The Morgan fingerprint density at radius 1 is 1.10 bits per heavy atom. The van der Waals surface area contributed by atoms with Crippen LogP contribution in [0.5, 0.6) is 5.75 Å². The Bertz CT molecular complexity index is 427. The Morgan fingerprint density at radius 3 is 2.05 bits per heavy atom. The zero-order chi connectivity index (χ0) is 15.0. The van der Waals surface area contributed by atoms with Gasteiger partial charge in [-0.2, -0.15) is 0 Å². The molecule has 1 aliphatic heterocycles. The number of amides is 1. The van der Waals surface area contributed by atoms with Crippen molar-refractivity contribution in [1.82, 2.24) is 0 Å². The van der Waals surface area contributed by atoms with E-state index in [1.807, 2.05) is 20.8 Å². The number of phenolic OH excluding ortho intramolecular Hbond substituents is 1. The lowest BCUT2D eigenvalue weighted by molar-refractivity contribution is 0.102. The van der Waals surface area contributed by atoms with E-state index in [0.29, 0.717) is 31.1 Å². The number of phenols is 1. The fourth-order valence-electron chi connectivity index (χ4n) is 1.50. The number of fused-ring (bicyclic) bond motifs is 2. The molecule has 1 aromatic rings. The maximum absolute atomic E-state index is 10.8. The summed E-state index contributed by atoms with van der Waals surface area (Å²) in [5, 5.41) is 11.7. The molecule has 2 rings (SSSR count). The molecule has 2 N–H and O–H groups in total. The molecule has 1 amide bonds. The Hall–Kier alpha value is -1.41. The van der Waals surface area contributed by atoms with E-state index in [-0.39, 0.29) is 11.7 Å². The number of anilines is 1. The summed E-state index contributed by atoms with van der Waals surface area (Å²) in [5.74, 6) is -0.162. The first-order chi connectivity index (χ1) is 9.63. The highest BCUT2D eigenvalue weighted by Crippen LogP contribution is 2.33. The highest BCUT2D eigenvalue weighted by molar-refractivity contribution is 6.36. The maximum Gasteiger partial charge on any atom is 0.577 e. The van der Waals surface area contributed by atoms with E-state index in [0.717, 1.165) is 0 Å². The average Bonchev–Trinajstić information content (AvgIpc) is 2.60. The molecule has 0 spiro atoms. The first kappa shape index (κ1) is 16.6. The third-order valence-electron chi connectivity index (χ3n) is 2.32. The van der Waals surface area contributed by atoms with Gasteiger partial charge in [-0.15, -0.1) is 0 Å². The summed E-state index contributed by atoms with van der Waals surface area (Å²) in [6.07, 6.45) is 0. The van der Waals surface area contributed by atoms with E-state index in [1.165, 1.54) is 0 Å². The zero-order valence-electron chi connectivity index (χ0n) is 11.9. The van der Waals surface area contributed by atoms with Crippen LogP contribution < -0.4 is 5.32 Å². The van der Waals surface area contributed by atoms with E-state index in [9.17, 15) is 4.79 Å². The van der Waals surface area contributed by atoms with Gasteiger partial charge in [0.05, 0.1) is 11.3 Å². The van der Waals surface area contributed by atoms with Gasteiger partial charge in [0, 0.05) is 19.8 Å². The molecule has 7 heteroatoms. The minimum Gasteiger partial charge on any atom is -0.505 e. The van der Waals surface area contributed by atoms with Crippen molar-refractivity contribution in [3.8, 4) is 5.75 Å². The van der Waals surface area contributed by atoms with Gasteiger partial charge in [-0.1, -0.05) is 6.07 Å². The highest BCUT2D eigenvalue weighted by atomic mass is 28.3. The quantitative estimate of drug-likeness (QED) is 0.621. The predicted molar refractivity (Wildman–Crippen MR) is 76.7 cm³/mol. The van der Waals surface area contributed by atoms with Crippen molar-refractivity contribution in [3.05, 3.63) is 23.8 Å². The number of carbonyl (C=O) groups excluding carboxylic acids is 1. The fourth-order valence-corrected chi connectivity index (χ4v) is 2.45. The molecule has 2 bridgehead atoms. The number of benzene rings is 1. The van der Waals surface area contributed by atoms with Crippen LogP contribution in [0, 0.1) is 0 Å². The lowest BCUT2D eigenvalue weighted by atomic mass is 10.2. The Morgan fingerprint density at radius 2 is 1.65 bits per heavy atom. The monoisotopic (exact) mass is 298 g/mol. The van der Waals surface area contributed by atoms with Crippen LogP contribution >= 0.6 is 0 Å². The summed E-state index contributed by atoms with van der Waals surface area (Å²) >= 11 is 0. The second-order valence-corrected chi connectivity index (χ2v) is 5.07. The molecule has 1 aromatic carbocycles. The second-order valence-electron chi connectivity index (χ2n) is 3.70.